The summed E-state index contributed by atoms with van der Waals surface area (Å²) >= 11 is 7.12. The standard InChI is InChI=1S/C15H11ClN2O4S/c1-20-14(19)11-6-7-21-12(11)8-23-15-18-17-13(22-15)9-2-4-10(16)5-3-9/h2-7H,8H2,1H3. The third-order valence-electron chi connectivity index (χ3n) is 2.98. The quantitative estimate of drug-likeness (QED) is 0.507. The van der Waals surface area contributed by atoms with Gasteiger partial charge in [-0.2, -0.15) is 0 Å². The van der Waals surface area contributed by atoms with Crippen LogP contribution in [0.1, 0.15) is 16.1 Å². The van der Waals surface area contributed by atoms with Crippen LogP contribution in [0.25, 0.3) is 11.5 Å². The molecule has 0 radical (unpaired) electrons. The number of hydrogen-bond acceptors (Lipinski definition) is 7. The maximum Gasteiger partial charge on any atom is 0.341 e. The minimum atomic E-state index is -0.443. The van der Waals surface area contributed by atoms with Gasteiger partial charge in [0.05, 0.1) is 19.1 Å². The van der Waals surface area contributed by atoms with Crippen molar-refractivity contribution in [2.24, 2.45) is 0 Å². The monoisotopic (exact) mass is 350 g/mol. The lowest BCUT2D eigenvalue weighted by molar-refractivity contribution is 0.0598. The van der Waals surface area contributed by atoms with Crippen LogP contribution in [-0.4, -0.2) is 23.3 Å². The molecule has 0 atom stereocenters. The van der Waals surface area contributed by atoms with Gasteiger partial charge in [0.25, 0.3) is 5.22 Å². The van der Waals surface area contributed by atoms with E-state index in [1.54, 1.807) is 30.3 Å². The van der Waals surface area contributed by atoms with Gasteiger partial charge in [-0.3, -0.25) is 0 Å². The number of aromatic nitrogens is 2. The Labute approximate surface area is 140 Å². The van der Waals surface area contributed by atoms with Crippen molar-refractivity contribution in [2.45, 2.75) is 11.0 Å². The van der Waals surface area contributed by atoms with Crippen molar-refractivity contribution >= 4 is 29.3 Å². The smallest absolute Gasteiger partial charge is 0.341 e. The van der Waals surface area contributed by atoms with Crippen molar-refractivity contribution < 1.29 is 18.4 Å². The first-order valence-electron chi connectivity index (χ1n) is 6.54. The lowest BCUT2D eigenvalue weighted by Gasteiger charge is -1.99. The van der Waals surface area contributed by atoms with E-state index in [2.05, 4.69) is 14.9 Å². The summed E-state index contributed by atoms with van der Waals surface area (Å²) in [6.45, 7) is 0. The number of benzene rings is 1. The van der Waals surface area contributed by atoms with Crippen LogP contribution in [0, 0.1) is 0 Å². The number of esters is 1. The molecule has 1 aromatic carbocycles. The van der Waals surface area contributed by atoms with Gasteiger partial charge in [-0.25, -0.2) is 4.79 Å². The first-order valence-corrected chi connectivity index (χ1v) is 7.90. The van der Waals surface area contributed by atoms with Gasteiger partial charge < -0.3 is 13.6 Å². The molecule has 0 spiro atoms. The van der Waals surface area contributed by atoms with Gasteiger partial charge in [-0.05, 0) is 30.3 Å². The third kappa shape index (κ3) is 3.57. The number of nitrogens with zero attached hydrogens (tertiary/aromatic N) is 2. The Hall–Kier alpha value is -2.25. The highest BCUT2D eigenvalue weighted by atomic mass is 35.5. The Morgan fingerprint density at radius 1 is 1.26 bits per heavy atom. The molecular weight excluding hydrogens is 340 g/mol. The Morgan fingerprint density at radius 2 is 2.04 bits per heavy atom. The molecule has 0 bridgehead atoms. The highest BCUT2D eigenvalue weighted by Gasteiger charge is 2.17. The first kappa shape index (κ1) is 15.6. The Balaban J connectivity index is 1.69. The lowest BCUT2D eigenvalue weighted by Crippen LogP contribution is -2.02. The number of rotatable bonds is 5. The van der Waals surface area contributed by atoms with Crippen LogP contribution >= 0.6 is 23.4 Å². The average Bonchev–Trinajstić information content (AvgIpc) is 3.22. The zero-order valence-corrected chi connectivity index (χ0v) is 13.6. The third-order valence-corrected chi connectivity index (χ3v) is 4.05. The van der Waals surface area contributed by atoms with E-state index in [-0.39, 0.29) is 0 Å². The largest absolute Gasteiger partial charge is 0.468 e. The molecule has 0 amide bonds. The van der Waals surface area contributed by atoms with E-state index in [9.17, 15) is 4.79 Å². The van der Waals surface area contributed by atoms with E-state index >= 15 is 0 Å². The predicted octanol–water partition coefficient (Wildman–Crippen LogP) is 4.06. The van der Waals surface area contributed by atoms with E-state index in [0.29, 0.717) is 33.2 Å². The predicted molar refractivity (Wildman–Crippen MR) is 84.4 cm³/mol. The SMILES string of the molecule is COC(=O)c1ccoc1CSc1nnc(-c2ccc(Cl)cc2)o1. The molecule has 3 rings (SSSR count). The van der Waals surface area contributed by atoms with Gasteiger partial charge in [0.1, 0.15) is 11.3 Å². The number of halogens is 1. The molecule has 0 aliphatic heterocycles. The highest BCUT2D eigenvalue weighted by molar-refractivity contribution is 7.98. The summed E-state index contributed by atoms with van der Waals surface area (Å²) < 4.78 is 15.6. The fraction of sp³-hybridized carbons (Fsp3) is 0.133. The Morgan fingerprint density at radius 3 is 2.78 bits per heavy atom. The normalized spacial score (nSPS) is 10.7. The molecule has 0 aliphatic rings. The molecule has 0 saturated heterocycles. The minimum absolute atomic E-state index is 0.375. The molecule has 0 unspecified atom stereocenters. The minimum Gasteiger partial charge on any atom is -0.468 e. The van der Waals surface area contributed by atoms with E-state index < -0.39 is 5.97 Å². The number of carbonyl (C=O) groups excluding carboxylic acids is 1. The number of hydrogen-bond donors (Lipinski definition) is 0. The number of ether oxygens (including phenoxy) is 1. The maximum absolute atomic E-state index is 11.6. The van der Waals surface area contributed by atoms with E-state index in [0.717, 1.165) is 5.56 Å². The molecule has 0 saturated carbocycles. The molecule has 0 fully saturated rings. The highest BCUT2D eigenvalue weighted by Crippen LogP contribution is 2.27. The van der Waals surface area contributed by atoms with Gasteiger partial charge in [0.15, 0.2) is 0 Å². The van der Waals surface area contributed by atoms with Crippen molar-refractivity contribution in [3.8, 4) is 11.5 Å². The molecule has 23 heavy (non-hydrogen) atoms. The van der Waals surface area contributed by atoms with Crippen LogP contribution in [-0.2, 0) is 10.5 Å². The molecule has 6 nitrogen and oxygen atoms in total. The van der Waals surface area contributed by atoms with Crippen LogP contribution in [0.15, 0.2) is 50.7 Å². The van der Waals surface area contributed by atoms with Crippen molar-refractivity contribution in [1.29, 1.82) is 0 Å². The molecule has 0 aliphatic carbocycles. The van der Waals surface area contributed by atoms with Gasteiger partial charge >= 0.3 is 5.97 Å². The van der Waals surface area contributed by atoms with Crippen LogP contribution in [0.2, 0.25) is 5.02 Å². The number of furan rings is 1. The molecule has 2 heterocycles. The molecule has 2 aromatic heterocycles. The van der Waals surface area contributed by atoms with Crippen LogP contribution in [0.4, 0.5) is 0 Å². The average molecular weight is 351 g/mol. The summed E-state index contributed by atoms with van der Waals surface area (Å²) in [6, 6.07) is 8.66. The zero-order valence-electron chi connectivity index (χ0n) is 12.0. The molecular formula is C15H11ClN2O4S. The van der Waals surface area contributed by atoms with Crippen molar-refractivity contribution in [1.82, 2.24) is 10.2 Å². The summed E-state index contributed by atoms with van der Waals surface area (Å²) in [6.07, 6.45) is 1.44. The second-order valence-electron chi connectivity index (χ2n) is 4.42. The summed E-state index contributed by atoms with van der Waals surface area (Å²) in [5.74, 6) is 0.825. The summed E-state index contributed by atoms with van der Waals surface area (Å²) in [5.41, 5.74) is 1.17. The van der Waals surface area contributed by atoms with Gasteiger partial charge in [-0.15, -0.1) is 10.2 Å². The molecule has 3 aromatic rings. The first-order chi connectivity index (χ1) is 11.2. The van der Waals surface area contributed by atoms with Crippen molar-refractivity contribution in [3.63, 3.8) is 0 Å². The molecule has 8 heteroatoms. The number of thioether (sulfide) groups is 1. The van der Waals surface area contributed by atoms with E-state index in [4.69, 9.17) is 20.4 Å². The van der Waals surface area contributed by atoms with Crippen LogP contribution in [0.3, 0.4) is 0 Å². The fourth-order valence-corrected chi connectivity index (χ4v) is 2.69. The summed E-state index contributed by atoms with van der Waals surface area (Å²) in [4.78, 5) is 11.6. The number of carbonyl (C=O) groups is 1. The number of methoxy groups -OCH3 is 1. The molecule has 118 valence electrons. The van der Waals surface area contributed by atoms with Gasteiger partial charge in [-0.1, -0.05) is 23.4 Å². The van der Waals surface area contributed by atoms with Crippen molar-refractivity contribution in [3.05, 3.63) is 52.9 Å². The van der Waals surface area contributed by atoms with Gasteiger partial charge in [0.2, 0.25) is 5.89 Å². The van der Waals surface area contributed by atoms with Gasteiger partial charge in [0, 0.05) is 10.6 Å². The topological polar surface area (TPSA) is 78.4 Å². The molecule has 0 N–H and O–H groups in total. The second kappa shape index (κ2) is 6.89. The van der Waals surface area contributed by atoms with E-state index in [1.807, 2.05) is 0 Å². The van der Waals surface area contributed by atoms with E-state index in [1.165, 1.54) is 25.1 Å². The fourth-order valence-electron chi connectivity index (χ4n) is 1.85. The van der Waals surface area contributed by atoms with Crippen molar-refractivity contribution in [2.75, 3.05) is 7.11 Å². The second-order valence-corrected chi connectivity index (χ2v) is 5.78. The summed E-state index contributed by atoms with van der Waals surface area (Å²) in [7, 11) is 1.32. The Kier molecular flexibility index (Phi) is 4.68. The zero-order chi connectivity index (χ0) is 16.2. The van der Waals surface area contributed by atoms with Crippen LogP contribution in [0.5, 0.6) is 0 Å². The summed E-state index contributed by atoms with van der Waals surface area (Å²) in [5, 5.41) is 8.96. The lowest BCUT2D eigenvalue weighted by atomic mass is 10.2. The maximum atomic E-state index is 11.6. The Bertz CT molecular complexity index is 813. The van der Waals surface area contributed by atoms with Crippen LogP contribution < -0.4 is 0 Å².